The van der Waals surface area contributed by atoms with E-state index in [9.17, 15) is 4.79 Å². The first-order valence-corrected chi connectivity index (χ1v) is 7.29. The van der Waals surface area contributed by atoms with Crippen LogP contribution in [0.4, 0.5) is 0 Å². The summed E-state index contributed by atoms with van der Waals surface area (Å²) in [5.74, 6) is 1.18. The monoisotopic (exact) mass is 272 g/mol. The number of para-hydroxylation sites is 1. The molecule has 0 radical (unpaired) electrons. The van der Waals surface area contributed by atoms with Crippen LogP contribution in [0.3, 0.4) is 0 Å². The van der Waals surface area contributed by atoms with Crippen LogP contribution in [0.1, 0.15) is 25.0 Å². The fraction of sp³-hybridized carbons (Fsp3) is 0.438. The average Bonchev–Trinajstić information content (AvgIpc) is 3.11. The predicted molar refractivity (Wildman–Crippen MR) is 78.4 cm³/mol. The van der Waals surface area contributed by atoms with E-state index in [1.165, 1.54) is 0 Å². The minimum Gasteiger partial charge on any atom is -0.460 e. The summed E-state index contributed by atoms with van der Waals surface area (Å²) in [6, 6.07) is 10.0. The third-order valence-electron chi connectivity index (χ3n) is 3.75. The van der Waals surface area contributed by atoms with Crippen LogP contribution in [0.5, 0.6) is 0 Å². The lowest BCUT2D eigenvalue weighted by atomic mass is 10.2. The Labute approximate surface area is 118 Å². The molecule has 4 nitrogen and oxygen atoms in total. The maximum absolute atomic E-state index is 11.9. The molecule has 1 amide bonds. The Morgan fingerprint density at radius 1 is 1.25 bits per heavy atom. The van der Waals surface area contributed by atoms with Crippen LogP contribution < -0.4 is 5.32 Å². The predicted octanol–water partition coefficient (Wildman–Crippen LogP) is 2.53. The first-order valence-electron chi connectivity index (χ1n) is 7.29. The summed E-state index contributed by atoms with van der Waals surface area (Å²) in [7, 11) is 0. The molecule has 1 aromatic carbocycles. The molecule has 0 bridgehead atoms. The lowest BCUT2D eigenvalue weighted by molar-refractivity contribution is -0.130. The van der Waals surface area contributed by atoms with Gasteiger partial charge in [-0.3, -0.25) is 4.79 Å². The van der Waals surface area contributed by atoms with E-state index in [2.05, 4.69) is 5.32 Å². The van der Waals surface area contributed by atoms with E-state index in [4.69, 9.17) is 4.42 Å². The van der Waals surface area contributed by atoms with Crippen molar-refractivity contribution in [3.8, 4) is 0 Å². The Hall–Kier alpha value is -1.81. The number of hydrogen-bond donors (Lipinski definition) is 1. The van der Waals surface area contributed by atoms with Gasteiger partial charge in [0.1, 0.15) is 11.3 Å². The van der Waals surface area contributed by atoms with Gasteiger partial charge >= 0.3 is 0 Å². The van der Waals surface area contributed by atoms with Gasteiger partial charge in [-0.05, 0) is 25.0 Å². The van der Waals surface area contributed by atoms with Gasteiger partial charge in [-0.1, -0.05) is 18.2 Å². The van der Waals surface area contributed by atoms with Crippen molar-refractivity contribution in [2.24, 2.45) is 0 Å². The maximum Gasteiger partial charge on any atom is 0.223 e. The molecule has 0 spiro atoms. The molecule has 0 unspecified atom stereocenters. The molecule has 1 fully saturated rings. The summed E-state index contributed by atoms with van der Waals surface area (Å²) in [5, 5.41) is 4.40. The number of benzene rings is 1. The van der Waals surface area contributed by atoms with Gasteiger partial charge in [0, 0.05) is 31.4 Å². The van der Waals surface area contributed by atoms with Crippen molar-refractivity contribution in [3.63, 3.8) is 0 Å². The number of amides is 1. The van der Waals surface area contributed by atoms with Crippen molar-refractivity contribution in [1.82, 2.24) is 10.2 Å². The van der Waals surface area contributed by atoms with Crippen LogP contribution in [0.15, 0.2) is 34.7 Å². The van der Waals surface area contributed by atoms with Crippen molar-refractivity contribution in [1.29, 1.82) is 0 Å². The largest absolute Gasteiger partial charge is 0.460 e. The molecule has 1 aliphatic heterocycles. The van der Waals surface area contributed by atoms with E-state index in [0.29, 0.717) is 19.5 Å². The summed E-state index contributed by atoms with van der Waals surface area (Å²) in [4.78, 5) is 13.8. The molecule has 1 saturated heterocycles. The number of nitrogens with zero attached hydrogens (tertiary/aromatic N) is 1. The second kappa shape index (κ2) is 6.09. The summed E-state index contributed by atoms with van der Waals surface area (Å²) < 4.78 is 5.72. The lowest BCUT2D eigenvalue weighted by Gasteiger charge is -2.14. The first-order chi connectivity index (χ1) is 9.83. The molecule has 1 aliphatic rings. The zero-order valence-corrected chi connectivity index (χ0v) is 11.6. The van der Waals surface area contributed by atoms with E-state index < -0.39 is 0 Å². The molecule has 4 heteroatoms. The minimum atomic E-state index is 0.264. The number of rotatable bonds is 5. The molecule has 3 rings (SSSR count). The van der Waals surface area contributed by atoms with E-state index in [1.807, 2.05) is 35.2 Å². The van der Waals surface area contributed by atoms with Gasteiger partial charge in [0.05, 0.1) is 6.54 Å². The van der Waals surface area contributed by atoms with Crippen LogP contribution in [-0.2, 0) is 11.3 Å². The highest BCUT2D eigenvalue weighted by molar-refractivity contribution is 5.77. The smallest absolute Gasteiger partial charge is 0.223 e. The zero-order valence-electron chi connectivity index (χ0n) is 11.6. The molecule has 2 heterocycles. The van der Waals surface area contributed by atoms with Gasteiger partial charge in [-0.15, -0.1) is 0 Å². The Morgan fingerprint density at radius 3 is 2.85 bits per heavy atom. The summed E-state index contributed by atoms with van der Waals surface area (Å²) in [5.41, 5.74) is 0.914. The van der Waals surface area contributed by atoms with Crippen molar-refractivity contribution in [3.05, 3.63) is 36.1 Å². The number of carbonyl (C=O) groups excluding carboxylic acids is 1. The van der Waals surface area contributed by atoms with Gasteiger partial charge in [-0.25, -0.2) is 0 Å². The molecule has 20 heavy (non-hydrogen) atoms. The topological polar surface area (TPSA) is 45.5 Å². The Balaban J connectivity index is 1.44. The van der Waals surface area contributed by atoms with E-state index in [0.717, 1.165) is 42.7 Å². The van der Waals surface area contributed by atoms with Crippen molar-refractivity contribution >= 4 is 16.9 Å². The van der Waals surface area contributed by atoms with Crippen LogP contribution >= 0.6 is 0 Å². The van der Waals surface area contributed by atoms with Crippen LogP contribution in [0.25, 0.3) is 11.0 Å². The van der Waals surface area contributed by atoms with Gasteiger partial charge in [0.15, 0.2) is 0 Å². The Bertz CT molecular complexity index is 552. The molecular weight excluding hydrogens is 252 g/mol. The van der Waals surface area contributed by atoms with Crippen LogP contribution in [-0.4, -0.2) is 30.4 Å². The summed E-state index contributed by atoms with van der Waals surface area (Å²) in [6.07, 6.45) is 2.87. The van der Waals surface area contributed by atoms with Crippen LogP contribution in [0, 0.1) is 0 Å². The third-order valence-corrected chi connectivity index (χ3v) is 3.75. The number of likely N-dealkylation sites (tertiary alicyclic amines) is 1. The Morgan fingerprint density at radius 2 is 2.05 bits per heavy atom. The highest BCUT2D eigenvalue weighted by atomic mass is 16.3. The molecule has 1 N–H and O–H groups in total. The van der Waals surface area contributed by atoms with Crippen LogP contribution in [0.2, 0.25) is 0 Å². The number of fused-ring (bicyclic) bond motifs is 1. The molecule has 2 aromatic rings. The average molecular weight is 272 g/mol. The van der Waals surface area contributed by atoms with Gasteiger partial charge in [0.2, 0.25) is 5.91 Å². The quantitative estimate of drug-likeness (QED) is 0.851. The normalized spacial score (nSPS) is 15.1. The fourth-order valence-electron chi connectivity index (χ4n) is 2.66. The standard InChI is InChI=1S/C16H20N2O2/c19-16(18-9-3-4-10-18)7-8-17-12-14-11-13-5-1-2-6-15(13)20-14/h1-2,5-6,11,17H,3-4,7-10,12H2. The summed E-state index contributed by atoms with van der Waals surface area (Å²) in [6.45, 7) is 3.24. The van der Waals surface area contributed by atoms with Crippen molar-refractivity contribution in [2.75, 3.05) is 19.6 Å². The maximum atomic E-state index is 11.9. The second-order valence-electron chi connectivity index (χ2n) is 5.27. The highest BCUT2D eigenvalue weighted by Crippen LogP contribution is 2.18. The molecule has 0 atom stereocenters. The molecular formula is C16H20N2O2. The number of nitrogens with one attached hydrogen (secondary N) is 1. The van der Waals surface area contributed by atoms with Gasteiger partial charge in [-0.2, -0.15) is 0 Å². The molecule has 1 aromatic heterocycles. The van der Waals surface area contributed by atoms with Gasteiger partial charge in [0.25, 0.3) is 0 Å². The second-order valence-corrected chi connectivity index (χ2v) is 5.27. The number of carbonyl (C=O) groups is 1. The zero-order chi connectivity index (χ0) is 13.8. The van der Waals surface area contributed by atoms with Crippen molar-refractivity contribution < 1.29 is 9.21 Å². The molecule has 0 aliphatic carbocycles. The van der Waals surface area contributed by atoms with E-state index in [1.54, 1.807) is 0 Å². The van der Waals surface area contributed by atoms with Crippen molar-refractivity contribution in [2.45, 2.75) is 25.8 Å². The fourth-order valence-corrected chi connectivity index (χ4v) is 2.66. The Kier molecular flexibility index (Phi) is 4.02. The lowest BCUT2D eigenvalue weighted by Crippen LogP contribution is -2.30. The van der Waals surface area contributed by atoms with E-state index >= 15 is 0 Å². The molecule has 106 valence electrons. The summed E-state index contributed by atoms with van der Waals surface area (Å²) >= 11 is 0. The molecule has 0 saturated carbocycles. The number of furan rings is 1. The third kappa shape index (κ3) is 3.02. The number of hydrogen-bond acceptors (Lipinski definition) is 3. The first kappa shape index (κ1) is 13.2. The van der Waals surface area contributed by atoms with E-state index in [-0.39, 0.29) is 5.91 Å². The highest BCUT2D eigenvalue weighted by Gasteiger charge is 2.16. The minimum absolute atomic E-state index is 0.264. The SMILES string of the molecule is O=C(CCNCc1cc2ccccc2o1)N1CCCC1. The van der Waals surface area contributed by atoms with Gasteiger partial charge < -0.3 is 14.6 Å².